The summed E-state index contributed by atoms with van der Waals surface area (Å²) in [5.41, 5.74) is -0.216. The number of aromatic nitrogens is 2. The van der Waals surface area contributed by atoms with Gasteiger partial charge >= 0.3 is 0 Å². The zero-order chi connectivity index (χ0) is 25.7. The number of amides is 1. The third-order valence-electron chi connectivity index (χ3n) is 5.68. The summed E-state index contributed by atoms with van der Waals surface area (Å²) in [5.74, 6) is -0.202. The number of halogens is 1. The number of benzene rings is 2. The van der Waals surface area contributed by atoms with E-state index < -0.39 is 27.1 Å². The molecule has 188 valence electrons. The van der Waals surface area contributed by atoms with E-state index in [1.807, 2.05) is 0 Å². The number of nitrogens with zero attached hydrogens (tertiary/aromatic N) is 6. The molecule has 1 N–H and O–H groups in total. The molecule has 0 atom stereocenters. The van der Waals surface area contributed by atoms with Gasteiger partial charge in [-0.25, -0.2) is 9.37 Å². The lowest BCUT2D eigenvalue weighted by Gasteiger charge is -2.34. The van der Waals surface area contributed by atoms with E-state index in [1.165, 1.54) is 23.7 Å². The largest absolute Gasteiger partial charge is 0.351 e. The van der Waals surface area contributed by atoms with Gasteiger partial charge in [0.2, 0.25) is 5.13 Å². The quantitative estimate of drug-likeness (QED) is 0.335. The van der Waals surface area contributed by atoms with Crippen LogP contribution in [-0.4, -0.2) is 69.3 Å². The average molecular weight is 516 g/mol. The molecule has 0 unspecified atom stereocenters. The molecule has 1 fully saturated rings. The first kappa shape index (κ1) is 25.1. The smallest absolute Gasteiger partial charge is 0.277 e. The van der Waals surface area contributed by atoms with E-state index in [1.54, 1.807) is 12.1 Å². The van der Waals surface area contributed by atoms with Crippen molar-refractivity contribution in [3.05, 3.63) is 85.5 Å². The highest BCUT2D eigenvalue weighted by Gasteiger charge is 2.22. The number of carbonyl (C=O) groups is 1. The van der Waals surface area contributed by atoms with Crippen molar-refractivity contribution in [3.8, 4) is 0 Å². The van der Waals surface area contributed by atoms with Crippen molar-refractivity contribution < 1.29 is 19.0 Å². The van der Waals surface area contributed by atoms with E-state index in [-0.39, 0.29) is 17.9 Å². The number of piperazine rings is 1. The van der Waals surface area contributed by atoms with Gasteiger partial charge < -0.3 is 10.2 Å². The topological polar surface area (TPSA) is 148 Å². The fraction of sp³-hybridized carbons (Fsp3) is 0.318. The van der Waals surface area contributed by atoms with Gasteiger partial charge in [0.25, 0.3) is 17.3 Å². The Balaban J connectivity index is 1.24. The molecular formula is C22H22FN7O5S. The van der Waals surface area contributed by atoms with E-state index in [9.17, 15) is 29.4 Å². The second-order valence-corrected chi connectivity index (χ2v) is 8.86. The molecule has 2 aromatic carbocycles. The minimum Gasteiger partial charge on any atom is -0.351 e. The van der Waals surface area contributed by atoms with E-state index in [0.717, 1.165) is 55.1 Å². The standard InChI is InChI=1S/C22H22FN7O5S/c23-17-3-1-15(2-4-17)11-20-25-22(36-26-20)28-9-7-27(8-10-28)6-5-24-21(31)16-12-18(29(32)33)14-19(13-16)30(34)35/h1-4,12-14H,5-11H2,(H,24,31). The van der Waals surface area contributed by atoms with Crippen molar-refractivity contribution >= 4 is 33.9 Å². The predicted octanol–water partition coefficient (Wildman–Crippen LogP) is 2.64. The number of nitrogens with one attached hydrogen (secondary N) is 1. The summed E-state index contributed by atoms with van der Waals surface area (Å²) in [7, 11) is 0. The van der Waals surface area contributed by atoms with Crippen LogP contribution in [0.1, 0.15) is 21.7 Å². The maximum Gasteiger partial charge on any atom is 0.277 e. The minimum atomic E-state index is -0.771. The third kappa shape index (κ3) is 6.34. The highest BCUT2D eigenvalue weighted by atomic mass is 32.1. The summed E-state index contributed by atoms with van der Waals surface area (Å²) in [6.07, 6.45) is 0.532. The Morgan fingerprint density at radius 1 is 1.03 bits per heavy atom. The third-order valence-corrected chi connectivity index (χ3v) is 6.49. The first-order valence-electron chi connectivity index (χ1n) is 11.0. The second kappa shape index (κ2) is 11.1. The molecule has 2 heterocycles. The summed E-state index contributed by atoms with van der Waals surface area (Å²) in [5, 5.41) is 25.5. The summed E-state index contributed by atoms with van der Waals surface area (Å²) < 4.78 is 17.5. The van der Waals surface area contributed by atoms with Gasteiger partial charge in [-0.3, -0.25) is 29.9 Å². The van der Waals surface area contributed by atoms with E-state index >= 15 is 0 Å². The summed E-state index contributed by atoms with van der Waals surface area (Å²) in [6, 6.07) is 9.12. The van der Waals surface area contributed by atoms with Crippen LogP contribution < -0.4 is 10.2 Å². The molecule has 0 radical (unpaired) electrons. The number of nitro groups is 2. The van der Waals surface area contributed by atoms with Gasteiger partial charge in [-0.1, -0.05) is 12.1 Å². The Labute approximate surface area is 208 Å². The molecule has 3 aromatic rings. The molecule has 12 nitrogen and oxygen atoms in total. The molecule has 0 bridgehead atoms. The van der Waals surface area contributed by atoms with Gasteiger partial charge in [0.05, 0.1) is 21.5 Å². The minimum absolute atomic E-state index is 0.131. The van der Waals surface area contributed by atoms with Crippen LogP contribution >= 0.6 is 11.5 Å². The van der Waals surface area contributed by atoms with Crippen molar-refractivity contribution in [3.63, 3.8) is 0 Å². The molecule has 0 spiro atoms. The Bertz CT molecular complexity index is 1230. The number of non-ortho nitro benzene ring substituents is 2. The van der Waals surface area contributed by atoms with Crippen LogP contribution in [0.2, 0.25) is 0 Å². The Hall–Kier alpha value is -4.04. The van der Waals surface area contributed by atoms with Crippen LogP contribution in [-0.2, 0) is 6.42 Å². The van der Waals surface area contributed by atoms with Gasteiger partial charge in [-0.15, -0.1) is 0 Å². The fourth-order valence-electron chi connectivity index (χ4n) is 3.76. The van der Waals surface area contributed by atoms with Gasteiger partial charge in [0, 0.05) is 69.4 Å². The number of rotatable bonds is 9. The van der Waals surface area contributed by atoms with Crippen molar-refractivity contribution in [2.24, 2.45) is 0 Å². The second-order valence-electron chi connectivity index (χ2n) is 8.13. The molecule has 1 aliphatic rings. The van der Waals surface area contributed by atoms with Gasteiger partial charge in [-0.05, 0) is 17.7 Å². The lowest BCUT2D eigenvalue weighted by Crippen LogP contribution is -2.48. The SMILES string of the molecule is O=C(NCCN1CCN(c2nc(Cc3ccc(F)cc3)ns2)CC1)c1cc([N+](=O)[O-])cc([N+](=O)[O-])c1. The normalized spacial score (nSPS) is 14.0. The van der Waals surface area contributed by atoms with Crippen molar-refractivity contribution in [2.75, 3.05) is 44.2 Å². The van der Waals surface area contributed by atoms with Crippen molar-refractivity contribution in [2.45, 2.75) is 6.42 Å². The summed E-state index contributed by atoms with van der Waals surface area (Å²) >= 11 is 1.32. The zero-order valence-electron chi connectivity index (χ0n) is 19.0. The monoisotopic (exact) mass is 515 g/mol. The Morgan fingerprint density at radius 3 is 2.28 bits per heavy atom. The Morgan fingerprint density at radius 2 is 1.67 bits per heavy atom. The lowest BCUT2D eigenvalue weighted by molar-refractivity contribution is -0.394. The van der Waals surface area contributed by atoms with E-state index in [2.05, 4.69) is 24.5 Å². The van der Waals surface area contributed by atoms with Crippen LogP contribution in [0.5, 0.6) is 0 Å². The number of hydrogen-bond donors (Lipinski definition) is 1. The summed E-state index contributed by atoms with van der Waals surface area (Å²) in [4.78, 5) is 41.8. The van der Waals surface area contributed by atoms with Gasteiger partial charge in [0.15, 0.2) is 0 Å². The number of nitro benzene ring substituents is 2. The lowest BCUT2D eigenvalue weighted by atomic mass is 10.1. The molecule has 14 heteroatoms. The van der Waals surface area contributed by atoms with Gasteiger partial charge in [-0.2, -0.15) is 4.37 Å². The molecule has 1 saturated heterocycles. The number of carbonyl (C=O) groups excluding carboxylic acids is 1. The Kier molecular flexibility index (Phi) is 7.75. The molecule has 1 aromatic heterocycles. The van der Waals surface area contributed by atoms with E-state index in [0.29, 0.717) is 18.8 Å². The molecule has 1 aliphatic heterocycles. The first-order valence-corrected chi connectivity index (χ1v) is 11.8. The molecule has 1 amide bonds. The maximum absolute atomic E-state index is 13.1. The van der Waals surface area contributed by atoms with Crippen LogP contribution in [0.25, 0.3) is 0 Å². The molecular weight excluding hydrogens is 493 g/mol. The van der Waals surface area contributed by atoms with Crippen LogP contribution in [0.3, 0.4) is 0 Å². The predicted molar refractivity (Wildman–Crippen MR) is 130 cm³/mol. The van der Waals surface area contributed by atoms with Crippen LogP contribution in [0.4, 0.5) is 20.9 Å². The molecule has 36 heavy (non-hydrogen) atoms. The highest BCUT2D eigenvalue weighted by Crippen LogP contribution is 2.23. The van der Waals surface area contributed by atoms with Gasteiger partial charge in [0.1, 0.15) is 11.6 Å². The average Bonchev–Trinajstić information content (AvgIpc) is 3.34. The van der Waals surface area contributed by atoms with E-state index in [4.69, 9.17) is 0 Å². The number of anilines is 1. The van der Waals surface area contributed by atoms with Crippen LogP contribution in [0.15, 0.2) is 42.5 Å². The van der Waals surface area contributed by atoms with Crippen molar-refractivity contribution in [1.82, 2.24) is 19.6 Å². The highest BCUT2D eigenvalue weighted by molar-refractivity contribution is 7.09. The molecule has 4 rings (SSSR count). The van der Waals surface area contributed by atoms with Crippen LogP contribution in [0, 0.1) is 26.0 Å². The molecule has 0 saturated carbocycles. The summed E-state index contributed by atoms with van der Waals surface area (Å²) in [6.45, 7) is 3.79. The number of hydrogen-bond acceptors (Lipinski definition) is 10. The maximum atomic E-state index is 13.1. The zero-order valence-corrected chi connectivity index (χ0v) is 19.8. The molecule has 0 aliphatic carbocycles. The fourth-order valence-corrected chi connectivity index (χ4v) is 4.50. The first-order chi connectivity index (χ1) is 17.3. The van der Waals surface area contributed by atoms with Crippen molar-refractivity contribution in [1.29, 1.82) is 0 Å².